The molecule has 204 valence electrons. The predicted molar refractivity (Wildman–Crippen MR) is 147 cm³/mol. The number of para-hydroxylation sites is 2. The van der Waals surface area contributed by atoms with Crippen LogP contribution in [0.5, 0.6) is 0 Å². The van der Waals surface area contributed by atoms with Gasteiger partial charge in [-0.1, -0.05) is 24.3 Å². The molecule has 3 heterocycles. The smallest absolute Gasteiger partial charge is 0.320 e. The molecule has 1 aliphatic carbocycles. The third-order valence-electron chi connectivity index (χ3n) is 8.19. The number of fused-ring (bicyclic) bond motifs is 2. The van der Waals surface area contributed by atoms with E-state index in [9.17, 15) is 18.0 Å². The van der Waals surface area contributed by atoms with Crippen LogP contribution in [0, 0.1) is 11.7 Å². The fraction of sp³-hybridized carbons (Fsp3) is 0.323. The molecule has 5 aromatic rings. The molecule has 0 N–H and O–H groups in total. The first-order valence-corrected chi connectivity index (χ1v) is 13.8. The van der Waals surface area contributed by atoms with Crippen LogP contribution in [0.25, 0.3) is 33.2 Å². The molecule has 0 bridgehead atoms. The van der Waals surface area contributed by atoms with Crippen molar-refractivity contribution in [3.63, 3.8) is 0 Å². The second kappa shape index (κ2) is 9.80. The number of alkyl halides is 2. The van der Waals surface area contributed by atoms with E-state index in [4.69, 9.17) is 5.10 Å². The van der Waals surface area contributed by atoms with Gasteiger partial charge in [0, 0.05) is 42.1 Å². The number of benzene rings is 3. The van der Waals surface area contributed by atoms with Crippen LogP contribution in [0.15, 0.2) is 66.7 Å². The summed E-state index contributed by atoms with van der Waals surface area (Å²) in [5, 5.41) is 5.71. The Hall–Kier alpha value is -4.14. The van der Waals surface area contributed by atoms with Crippen LogP contribution in [-0.2, 0) is 6.54 Å². The average Bonchev–Trinajstić information content (AvgIpc) is 3.59. The molecule has 9 heteroatoms. The third-order valence-corrected chi connectivity index (χ3v) is 8.19. The summed E-state index contributed by atoms with van der Waals surface area (Å²) in [4.78, 5) is 19.9. The maximum absolute atomic E-state index is 14.0. The van der Waals surface area contributed by atoms with Crippen LogP contribution < -0.4 is 0 Å². The molecule has 3 aromatic carbocycles. The standard InChI is InChI=1S/C31H28F3N5O/c32-23-5-3-4-21(16-23)28-24-11-10-22(17-27(24)38(36-28)18-19-8-9-19)30(40)37-14-12-20(13-15-37)29-35-25-6-1-2-7-26(25)39(29)31(33)34/h1-7,10-11,16-17,19-20,31H,8-9,12-15,18H2. The van der Waals surface area contributed by atoms with E-state index in [1.54, 1.807) is 41.3 Å². The van der Waals surface area contributed by atoms with Gasteiger partial charge >= 0.3 is 6.55 Å². The summed E-state index contributed by atoms with van der Waals surface area (Å²) in [6.07, 6.45) is 3.44. The molecule has 40 heavy (non-hydrogen) atoms. The first-order chi connectivity index (χ1) is 19.5. The van der Waals surface area contributed by atoms with Gasteiger partial charge in [-0.2, -0.15) is 13.9 Å². The molecule has 6 nitrogen and oxygen atoms in total. The highest BCUT2D eigenvalue weighted by Crippen LogP contribution is 2.36. The predicted octanol–water partition coefficient (Wildman–Crippen LogP) is 7.02. The van der Waals surface area contributed by atoms with E-state index < -0.39 is 6.55 Å². The Kier molecular flexibility index (Phi) is 6.09. The normalized spacial score (nSPS) is 16.4. The Morgan fingerprint density at radius 1 is 0.925 bits per heavy atom. The van der Waals surface area contributed by atoms with Gasteiger partial charge in [0.1, 0.15) is 17.3 Å². The summed E-state index contributed by atoms with van der Waals surface area (Å²) in [5.41, 5.74) is 3.82. The molecular weight excluding hydrogens is 515 g/mol. The SMILES string of the molecule is O=C(c1ccc2c(-c3cccc(F)c3)nn(CC3CC3)c2c1)N1CCC(c2nc3ccccc3n2C(F)F)CC1. The molecule has 7 rings (SSSR count). The van der Waals surface area contributed by atoms with E-state index >= 15 is 0 Å². The zero-order chi connectivity index (χ0) is 27.4. The molecule has 2 aliphatic rings. The Morgan fingerprint density at radius 3 is 2.48 bits per heavy atom. The monoisotopic (exact) mass is 543 g/mol. The van der Waals surface area contributed by atoms with Crippen molar-refractivity contribution in [1.29, 1.82) is 0 Å². The molecule has 0 atom stereocenters. The number of piperidine rings is 1. The van der Waals surface area contributed by atoms with Crippen molar-refractivity contribution in [1.82, 2.24) is 24.2 Å². The van der Waals surface area contributed by atoms with Gasteiger partial charge < -0.3 is 4.90 Å². The van der Waals surface area contributed by atoms with Gasteiger partial charge in [-0.25, -0.2) is 9.37 Å². The van der Waals surface area contributed by atoms with Crippen LogP contribution in [0.1, 0.15) is 54.3 Å². The Morgan fingerprint density at radius 2 is 1.73 bits per heavy atom. The summed E-state index contributed by atoms with van der Waals surface area (Å²) in [5.74, 6) is 0.399. The Labute approximate surface area is 229 Å². The van der Waals surface area contributed by atoms with Crippen molar-refractivity contribution in [2.24, 2.45) is 5.92 Å². The topological polar surface area (TPSA) is 56.0 Å². The van der Waals surface area contributed by atoms with Gasteiger partial charge in [0.25, 0.3) is 5.91 Å². The summed E-state index contributed by atoms with van der Waals surface area (Å²) >= 11 is 0. The number of hydrogen-bond donors (Lipinski definition) is 0. The average molecular weight is 544 g/mol. The number of rotatable bonds is 6. The van der Waals surface area contributed by atoms with Gasteiger partial charge in [0.05, 0.1) is 16.6 Å². The number of carbonyl (C=O) groups excluding carboxylic acids is 1. The molecule has 1 amide bonds. The molecule has 0 unspecified atom stereocenters. The fourth-order valence-electron chi connectivity index (χ4n) is 5.92. The highest BCUT2D eigenvalue weighted by atomic mass is 19.3. The van der Waals surface area contributed by atoms with E-state index in [1.807, 2.05) is 22.9 Å². The lowest BCUT2D eigenvalue weighted by Crippen LogP contribution is -2.38. The van der Waals surface area contributed by atoms with Crippen molar-refractivity contribution >= 4 is 27.8 Å². The van der Waals surface area contributed by atoms with E-state index in [-0.39, 0.29) is 17.6 Å². The maximum atomic E-state index is 14.0. The highest BCUT2D eigenvalue weighted by Gasteiger charge is 2.31. The van der Waals surface area contributed by atoms with Crippen molar-refractivity contribution in [3.8, 4) is 11.3 Å². The zero-order valence-corrected chi connectivity index (χ0v) is 21.8. The van der Waals surface area contributed by atoms with Crippen molar-refractivity contribution < 1.29 is 18.0 Å². The second-order valence-corrected chi connectivity index (χ2v) is 10.9. The first kappa shape index (κ1) is 24.9. The fourth-order valence-corrected chi connectivity index (χ4v) is 5.92. The molecule has 0 radical (unpaired) electrons. The quantitative estimate of drug-likeness (QED) is 0.231. The van der Waals surface area contributed by atoms with Crippen LogP contribution in [-0.4, -0.2) is 43.2 Å². The van der Waals surface area contributed by atoms with E-state index in [0.29, 0.717) is 65.5 Å². The number of imidazole rings is 1. The van der Waals surface area contributed by atoms with E-state index in [1.165, 1.54) is 12.1 Å². The lowest BCUT2D eigenvalue weighted by molar-refractivity contribution is 0.0634. The number of halogens is 3. The van der Waals surface area contributed by atoms with Gasteiger partial charge in [0.15, 0.2) is 0 Å². The largest absolute Gasteiger partial charge is 0.339 e. The van der Waals surface area contributed by atoms with Crippen molar-refractivity contribution in [2.75, 3.05) is 13.1 Å². The zero-order valence-electron chi connectivity index (χ0n) is 21.8. The number of likely N-dealkylation sites (tertiary alicyclic amines) is 1. The maximum Gasteiger partial charge on any atom is 0.320 e. The Balaban J connectivity index is 1.14. The number of carbonyl (C=O) groups is 1. The summed E-state index contributed by atoms with van der Waals surface area (Å²) in [6.45, 7) is -0.986. The molecule has 1 saturated heterocycles. The van der Waals surface area contributed by atoms with Gasteiger partial charge in [-0.15, -0.1) is 0 Å². The first-order valence-electron chi connectivity index (χ1n) is 13.8. The number of amides is 1. The highest BCUT2D eigenvalue weighted by molar-refractivity contribution is 6.01. The number of nitrogens with zero attached hydrogens (tertiary/aromatic N) is 5. The van der Waals surface area contributed by atoms with Crippen LogP contribution in [0.4, 0.5) is 13.2 Å². The molecule has 2 aromatic heterocycles. The molecule has 1 saturated carbocycles. The van der Waals surface area contributed by atoms with Gasteiger partial charge in [-0.05, 0) is 74.1 Å². The van der Waals surface area contributed by atoms with Gasteiger partial charge in [0.2, 0.25) is 0 Å². The van der Waals surface area contributed by atoms with Gasteiger partial charge in [-0.3, -0.25) is 14.0 Å². The minimum absolute atomic E-state index is 0.0887. The van der Waals surface area contributed by atoms with E-state index in [0.717, 1.165) is 34.9 Å². The van der Waals surface area contributed by atoms with Crippen molar-refractivity contribution in [3.05, 3.63) is 83.9 Å². The minimum Gasteiger partial charge on any atom is -0.339 e. The molecule has 2 fully saturated rings. The molecule has 0 spiro atoms. The lowest BCUT2D eigenvalue weighted by atomic mass is 9.95. The lowest BCUT2D eigenvalue weighted by Gasteiger charge is -2.32. The summed E-state index contributed by atoms with van der Waals surface area (Å²) in [6, 6.07) is 19.0. The molecule has 1 aliphatic heterocycles. The summed E-state index contributed by atoms with van der Waals surface area (Å²) < 4.78 is 44.9. The van der Waals surface area contributed by atoms with Crippen LogP contribution in [0.2, 0.25) is 0 Å². The number of aromatic nitrogens is 4. The number of hydrogen-bond acceptors (Lipinski definition) is 3. The molecular formula is C31H28F3N5O. The van der Waals surface area contributed by atoms with Crippen LogP contribution in [0.3, 0.4) is 0 Å². The Bertz CT molecular complexity index is 1730. The third kappa shape index (κ3) is 4.43. The minimum atomic E-state index is -2.67. The van der Waals surface area contributed by atoms with Crippen LogP contribution >= 0.6 is 0 Å². The second-order valence-electron chi connectivity index (χ2n) is 10.9. The summed E-state index contributed by atoms with van der Waals surface area (Å²) in [7, 11) is 0. The van der Waals surface area contributed by atoms with Crippen molar-refractivity contribution in [2.45, 2.75) is 44.7 Å². The van der Waals surface area contributed by atoms with E-state index in [2.05, 4.69) is 4.98 Å².